The molecule has 1 atom stereocenters. The van der Waals surface area contributed by atoms with E-state index in [2.05, 4.69) is 20.8 Å². The molecule has 1 heteroatoms. The molecular weight excluding hydrogens is 124 g/mol. The molecule has 0 radical (unpaired) electrons. The molecule has 1 nitrogen and oxygen atoms in total. The summed E-state index contributed by atoms with van der Waals surface area (Å²) in [5.41, 5.74) is 0. The molecule has 0 bridgehead atoms. The largest absolute Gasteiger partial charge is 0.393 e. The van der Waals surface area contributed by atoms with Crippen LogP contribution < -0.4 is 0 Å². The topological polar surface area (TPSA) is 20.2 Å². The second kappa shape index (κ2) is 5.72. The first-order valence-corrected chi connectivity index (χ1v) is 4.44. The second-order valence-electron chi connectivity index (χ2n) is 2.93. The molecular formula is C9H20O. The van der Waals surface area contributed by atoms with Crippen LogP contribution in [-0.4, -0.2) is 11.2 Å². The normalized spacial score (nSPS) is 14.1. The first-order valence-electron chi connectivity index (χ1n) is 4.44. The lowest BCUT2D eigenvalue weighted by Crippen LogP contribution is -2.18. The van der Waals surface area contributed by atoms with Crippen LogP contribution in [0, 0.1) is 5.92 Å². The van der Waals surface area contributed by atoms with E-state index in [9.17, 15) is 5.11 Å². The van der Waals surface area contributed by atoms with Gasteiger partial charge in [0.1, 0.15) is 0 Å². The summed E-state index contributed by atoms with van der Waals surface area (Å²) in [5, 5.41) is 9.51. The van der Waals surface area contributed by atoms with E-state index in [1.807, 2.05) is 0 Å². The predicted octanol–water partition coefficient (Wildman–Crippen LogP) is 2.58. The molecule has 62 valence electrons. The van der Waals surface area contributed by atoms with Crippen LogP contribution in [0.4, 0.5) is 0 Å². The maximum absolute atomic E-state index is 9.51. The highest BCUT2D eigenvalue weighted by Gasteiger charge is 2.13. The minimum absolute atomic E-state index is 0.0556. The standard InChI is InChI=1S/C9H20O/c1-4-7-9(10)8(5-2)6-3/h8-10H,4-7H2,1-3H3. The summed E-state index contributed by atoms with van der Waals surface area (Å²) in [6, 6.07) is 0. The highest BCUT2D eigenvalue weighted by Crippen LogP contribution is 2.16. The van der Waals surface area contributed by atoms with Crippen LogP contribution in [0.1, 0.15) is 46.5 Å². The first-order chi connectivity index (χ1) is 4.76. The molecule has 0 fully saturated rings. The predicted molar refractivity (Wildman–Crippen MR) is 45.0 cm³/mol. The zero-order valence-electron chi connectivity index (χ0n) is 7.43. The third kappa shape index (κ3) is 3.21. The van der Waals surface area contributed by atoms with Gasteiger partial charge in [-0.15, -0.1) is 0 Å². The van der Waals surface area contributed by atoms with Gasteiger partial charge < -0.3 is 5.11 Å². The summed E-state index contributed by atoms with van der Waals surface area (Å²) < 4.78 is 0. The van der Waals surface area contributed by atoms with Gasteiger partial charge in [-0.25, -0.2) is 0 Å². The lowest BCUT2D eigenvalue weighted by Gasteiger charge is -2.18. The van der Waals surface area contributed by atoms with Crippen molar-refractivity contribution in [2.45, 2.75) is 52.6 Å². The minimum atomic E-state index is -0.0556. The molecule has 0 saturated carbocycles. The highest BCUT2D eigenvalue weighted by atomic mass is 16.3. The highest BCUT2D eigenvalue weighted by molar-refractivity contribution is 4.64. The monoisotopic (exact) mass is 144 g/mol. The van der Waals surface area contributed by atoms with Crippen molar-refractivity contribution in [2.75, 3.05) is 0 Å². The van der Waals surface area contributed by atoms with E-state index >= 15 is 0 Å². The lowest BCUT2D eigenvalue weighted by molar-refractivity contribution is 0.0935. The molecule has 0 aliphatic heterocycles. The van der Waals surface area contributed by atoms with Crippen molar-refractivity contribution in [1.82, 2.24) is 0 Å². The Morgan fingerprint density at radius 1 is 1.10 bits per heavy atom. The third-order valence-corrected chi connectivity index (χ3v) is 2.18. The van der Waals surface area contributed by atoms with E-state index in [1.165, 1.54) is 0 Å². The molecule has 0 aliphatic carbocycles. The van der Waals surface area contributed by atoms with E-state index in [1.54, 1.807) is 0 Å². The molecule has 0 aromatic rings. The summed E-state index contributed by atoms with van der Waals surface area (Å²) in [6.45, 7) is 6.41. The zero-order chi connectivity index (χ0) is 7.98. The van der Waals surface area contributed by atoms with Gasteiger partial charge in [-0.1, -0.05) is 40.0 Å². The van der Waals surface area contributed by atoms with Crippen molar-refractivity contribution in [2.24, 2.45) is 5.92 Å². The van der Waals surface area contributed by atoms with Crippen molar-refractivity contribution < 1.29 is 5.11 Å². The van der Waals surface area contributed by atoms with E-state index in [-0.39, 0.29) is 6.10 Å². The molecule has 0 heterocycles. The maximum atomic E-state index is 9.51. The molecule has 0 saturated heterocycles. The molecule has 1 unspecified atom stereocenters. The van der Waals surface area contributed by atoms with Gasteiger partial charge in [-0.2, -0.15) is 0 Å². The van der Waals surface area contributed by atoms with Crippen molar-refractivity contribution >= 4 is 0 Å². The van der Waals surface area contributed by atoms with Gasteiger partial charge >= 0.3 is 0 Å². The van der Waals surface area contributed by atoms with Gasteiger partial charge in [0.2, 0.25) is 0 Å². The maximum Gasteiger partial charge on any atom is 0.0568 e. The summed E-state index contributed by atoms with van der Waals surface area (Å²) in [6.07, 6.45) is 4.22. The Morgan fingerprint density at radius 3 is 1.90 bits per heavy atom. The van der Waals surface area contributed by atoms with Crippen LogP contribution in [0.3, 0.4) is 0 Å². The number of rotatable bonds is 5. The van der Waals surface area contributed by atoms with Crippen LogP contribution in [0.2, 0.25) is 0 Å². The van der Waals surface area contributed by atoms with Gasteiger partial charge in [0.05, 0.1) is 6.10 Å². The van der Waals surface area contributed by atoms with Crippen LogP contribution in [0.15, 0.2) is 0 Å². The van der Waals surface area contributed by atoms with Gasteiger partial charge in [0, 0.05) is 0 Å². The van der Waals surface area contributed by atoms with Crippen molar-refractivity contribution in [3.8, 4) is 0 Å². The van der Waals surface area contributed by atoms with Gasteiger partial charge in [-0.3, -0.25) is 0 Å². The summed E-state index contributed by atoms with van der Waals surface area (Å²) in [7, 11) is 0. The number of hydrogen-bond acceptors (Lipinski definition) is 1. The zero-order valence-corrected chi connectivity index (χ0v) is 7.43. The number of hydrogen-bond donors (Lipinski definition) is 1. The number of aliphatic hydroxyl groups is 1. The lowest BCUT2D eigenvalue weighted by atomic mass is 9.94. The van der Waals surface area contributed by atoms with E-state index in [0.717, 1.165) is 25.7 Å². The molecule has 0 spiro atoms. The van der Waals surface area contributed by atoms with E-state index < -0.39 is 0 Å². The summed E-state index contributed by atoms with van der Waals surface area (Å²) >= 11 is 0. The fourth-order valence-corrected chi connectivity index (χ4v) is 1.36. The van der Waals surface area contributed by atoms with Crippen LogP contribution in [0.5, 0.6) is 0 Å². The average Bonchev–Trinajstić information content (AvgIpc) is 1.91. The molecule has 0 rings (SSSR count). The number of aliphatic hydroxyl groups excluding tert-OH is 1. The Bertz CT molecular complexity index is 67.1. The Labute approximate surface area is 64.5 Å². The third-order valence-electron chi connectivity index (χ3n) is 2.18. The molecule has 0 aliphatic rings. The van der Waals surface area contributed by atoms with Gasteiger partial charge in [0.15, 0.2) is 0 Å². The average molecular weight is 144 g/mol. The Morgan fingerprint density at radius 2 is 1.60 bits per heavy atom. The van der Waals surface area contributed by atoms with Crippen molar-refractivity contribution in [1.29, 1.82) is 0 Å². The Hall–Kier alpha value is -0.0400. The van der Waals surface area contributed by atoms with E-state index in [0.29, 0.717) is 5.92 Å². The summed E-state index contributed by atoms with van der Waals surface area (Å²) in [4.78, 5) is 0. The van der Waals surface area contributed by atoms with Crippen molar-refractivity contribution in [3.05, 3.63) is 0 Å². The first kappa shape index (κ1) is 9.96. The molecule has 0 aromatic heterocycles. The fourth-order valence-electron chi connectivity index (χ4n) is 1.36. The minimum Gasteiger partial charge on any atom is -0.393 e. The molecule has 0 amide bonds. The van der Waals surface area contributed by atoms with Crippen LogP contribution >= 0.6 is 0 Å². The Balaban J connectivity index is 3.53. The molecule has 10 heavy (non-hydrogen) atoms. The Kier molecular flexibility index (Phi) is 5.70. The van der Waals surface area contributed by atoms with Gasteiger partial charge in [0.25, 0.3) is 0 Å². The SMILES string of the molecule is CCCC(O)C(CC)CC. The van der Waals surface area contributed by atoms with Crippen LogP contribution in [0.25, 0.3) is 0 Å². The molecule has 1 N–H and O–H groups in total. The smallest absolute Gasteiger partial charge is 0.0568 e. The quantitative estimate of drug-likeness (QED) is 0.628. The van der Waals surface area contributed by atoms with Crippen LogP contribution in [-0.2, 0) is 0 Å². The fraction of sp³-hybridized carbons (Fsp3) is 1.00. The van der Waals surface area contributed by atoms with Gasteiger partial charge in [-0.05, 0) is 12.3 Å². The van der Waals surface area contributed by atoms with Crippen molar-refractivity contribution in [3.63, 3.8) is 0 Å². The second-order valence-corrected chi connectivity index (χ2v) is 2.93. The van der Waals surface area contributed by atoms with E-state index in [4.69, 9.17) is 0 Å². The molecule has 0 aromatic carbocycles. The summed E-state index contributed by atoms with van der Waals surface area (Å²) in [5.74, 6) is 0.528.